The van der Waals surface area contributed by atoms with Crippen LogP contribution in [0.5, 0.6) is 0 Å². The molecule has 1 aromatic carbocycles. The van der Waals surface area contributed by atoms with Gasteiger partial charge in [-0.3, -0.25) is 0 Å². The van der Waals surface area contributed by atoms with E-state index in [1.165, 1.54) is 6.92 Å². The first-order chi connectivity index (χ1) is 6.32. The Bertz CT molecular complexity index is 445. The van der Waals surface area contributed by atoms with Gasteiger partial charge in [0.05, 0.1) is 0 Å². The smallest absolute Gasteiger partial charge is 0.215 e. The van der Waals surface area contributed by atoms with Gasteiger partial charge in [-0.25, -0.2) is 22.3 Å². The lowest BCUT2D eigenvalue weighted by Gasteiger charge is -2.09. The average Bonchev–Trinajstić information content (AvgIpc) is 2.01. The topological polar surface area (TPSA) is 60.2 Å². The van der Waals surface area contributed by atoms with Gasteiger partial charge in [-0.1, -0.05) is 6.07 Å². The van der Waals surface area contributed by atoms with Gasteiger partial charge in [-0.05, 0) is 13.0 Å². The maximum atomic E-state index is 13.1. The van der Waals surface area contributed by atoms with E-state index in [0.717, 1.165) is 12.1 Å². The van der Waals surface area contributed by atoms with Crippen LogP contribution in [0.15, 0.2) is 18.2 Å². The van der Waals surface area contributed by atoms with E-state index in [0.29, 0.717) is 6.07 Å². The molecule has 0 aliphatic carbocycles. The molecule has 0 radical (unpaired) electrons. The highest BCUT2D eigenvalue weighted by Gasteiger charge is 2.21. The molecule has 0 bridgehead atoms. The van der Waals surface area contributed by atoms with Crippen molar-refractivity contribution in [1.29, 1.82) is 0 Å². The fourth-order valence-corrected chi connectivity index (χ4v) is 1.55. The second-order valence-corrected chi connectivity index (χ2v) is 4.78. The first-order valence-electron chi connectivity index (χ1n) is 3.79. The minimum absolute atomic E-state index is 0.131. The van der Waals surface area contributed by atoms with Crippen LogP contribution < -0.4 is 5.14 Å². The summed E-state index contributed by atoms with van der Waals surface area (Å²) in [5.74, 6) is -1.67. The SMILES string of the molecule is C[C@@H](c1ccc(F)cc1F)S(N)(=O)=O. The van der Waals surface area contributed by atoms with Gasteiger partial charge in [-0.2, -0.15) is 0 Å². The number of nitrogens with two attached hydrogens (primary N) is 1. The van der Waals surface area contributed by atoms with E-state index in [2.05, 4.69) is 0 Å². The molecule has 1 rings (SSSR count). The number of sulfonamides is 1. The Hall–Kier alpha value is -1.01. The van der Waals surface area contributed by atoms with Crippen LogP contribution in [0.1, 0.15) is 17.7 Å². The predicted octanol–water partition coefficient (Wildman–Crippen LogP) is 1.31. The lowest BCUT2D eigenvalue weighted by atomic mass is 10.1. The Morgan fingerprint density at radius 1 is 1.36 bits per heavy atom. The molecule has 3 nitrogen and oxygen atoms in total. The molecule has 0 aliphatic heterocycles. The molecule has 1 atom stereocenters. The van der Waals surface area contributed by atoms with E-state index >= 15 is 0 Å². The zero-order chi connectivity index (χ0) is 10.9. The molecule has 0 spiro atoms. The van der Waals surface area contributed by atoms with Crippen LogP contribution in [0.4, 0.5) is 8.78 Å². The van der Waals surface area contributed by atoms with Crippen molar-refractivity contribution in [3.8, 4) is 0 Å². The third-order valence-electron chi connectivity index (χ3n) is 1.89. The summed E-state index contributed by atoms with van der Waals surface area (Å²) in [5, 5.41) is 3.65. The molecule has 2 N–H and O–H groups in total. The summed E-state index contributed by atoms with van der Waals surface area (Å²) < 4.78 is 47.3. The largest absolute Gasteiger partial charge is 0.228 e. The molecule has 0 heterocycles. The van der Waals surface area contributed by atoms with E-state index < -0.39 is 26.9 Å². The molecule has 0 aliphatic rings. The minimum Gasteiger partial charge on any atom is -0.228 e. The Labute approximate surface area is 80.6 Å². The van der Waals surface area contributed by atoms with E-state index in [1.54, 1.807) is 0 Å². The molecule has 6 heteroatoms. The average molecular weight is 221 g/mol. The van der Waals surface area contributed by atoms with Crippen molar-refractivity contribution in [2.45, 2.75) is 12.2 Å². The van der Waals surface area contributed by atoms with Crippen molar-refractivity contribution in [3.63, 3.8) is 0 Å². The highest BCUT2D eigenvalue weighted by atomic mass is 32.2. The highest BCUT2D eigenvalue weighted by Crippen LogP contribution is 2.22. The summed E-state index contributed by atoms with van der Waals surface area (Å²) in [7, 11) is -3.85. The standard InChI is InChI=1S/C8H9F2NO2S/c1-5(14(11,12)13)7-3-2-6(9)4-8(7)10/h2-5H,1H3,(H2,11,12,13)/t5-/m0/s1. The summed E-state index contributed by atoms with van der Waals surface area (Å²) in [6.07, 6.45) is 0. The molecular weight excluding hydrogens is 212 g/mol. The summed E-state index contributed by atoms with van der Waals surface area (Å²) in [4.78, 5) is 0. The number of benzene rings is 1. The summed E-state index contributed by atoms with van der Waals surface area (Å²) >= 11 is 0. The number of hydrogen-bond donors (Lipinski definition) is 1. The number of rotatable bonds is 2. The quantitative estimate of drug-likeness (QED) is 0.818. The lowest BCUT2D eigenvalue weighted by molar-refractivity contribution is 0.560. The normalized spacial score (nSPS) is 14.0. The second-order valence-electron chi connectivity index (χ2n) is 2.90. The van der Waals surface area contributed by atoms with Crippen LogP contribution in [0.25, 0.3) is 0 Å². The van der Waals surface area contributed by atoms with Crippen molar-refractivity contribution < 1.29 is 17.2 Å². The lowest BCUT2D eigenvalue weighted by Crippen LogP contribution is -2.20. The van der Waals surface area contributed by atoms with Crippen molar-refractivity contribution in [3.05, 3.63) is 35.4 Å². The molecular formula is C8H9F2NO2S. The van der Waals surface area contributed by atoms with Gasteiger partial charge in [0, 0.05) is 11.6 Å². The molecule has 0 unspecified atom stereocenters. The first kappa shape index (κ1) is 11.1. The van der Waals surface area contributed by atoms with E-state index in [1.807, 2.05) is 0 Å². The van der Waals surface area contributed by atoms with E-state index in [4.69, 9.17) is 5.14 Å². The minimum atomic E-state index is -3.85. The van der Waals surface area contributed by atoms with Gasteiger partial charge in [0.15, 0.2) is 0 Å². The first-order valence-corrected chi connectivity index (χ1v) is 5.40. The van der Waals surface area contributed by atoms with Gasteiger partial charge in [0.2, 0.25) is 10.0 Å². The summed E-state index contributed by atoms with van der Waals surface area (Å²) in [6.45, 7) is 1.24. The zero-order valence-electron chi connectivity index (χ0n) is 7.37. The predicted molar refractivity (Wildman–Crippen MR) is 47.9 cm³/mol. The third-order valence-corrected chi connectivity index (χ3v) is 3.13. The molecule has 0 amide bonds. The number of hydrogen-bond acceptors (Lipinski definition) is 2. The third kappa shape index (κ3) is 2.27. The Morgan fingerprint density at radius 2 is 1.93 bits per heavy atom. The maximum absolute atomic E-state index is 13.1. The van der Waals surface area contributed by atoms with Crippen LogP contribution in [0, 0.1) is 11.6 Å². The summed E-state index contributed by atoms with van der Waals surface area (Å²) in [5.41, 5.74) is -0.131. The fourth-order valence-electron chi connectivity index (χ4n) is 1.01. The van der Waals surface area contributed by atoms with Gasteiger partial charge in [0.25, 0.3) is 0 Å². The molecule has 14 heavy (non-hydrogen) atoms. The van der Waals surface area contributed by atoms with Crippen LogP contribution >= 0.6 is 0 Å². The van der Waals surface area contributed by atoms with E-state index in [-0.39, 0.29) is 5.56 Å². The Kier molecular flexibility index (Phi) is 2.86. The van der Waals surface area contributed by atoms with Crippen LogP contribution in [0.2, 0.25) is 0 Å². The summed E-state index contributed by atoms with van der Waals surface area (Å²) in [6, 6.07) is 2.68. The van der Waals surface area contributed by atoms with Crippen molar-refractivity contribution in [2.75, 3.05) is 0 Å². The number of halogens is 2. The van der Waals surface area contributed by atoms with E-state index in [9.17, 15) is 17.2 Å². The van der Waals surface area contributed by atoms with Gasteiger partial charge >= 0.3 is 0 Å². The second kappa shape index (κ2) is 3.62. The van der Waals surface area contributed by atoms with Crippen LogP contribution in [-0.4, -0.2) is 8.42 Å². The van der Waals surface area contributed by atoms with Gasteiger partial charge in [-0.15, -0.1) is 0 Å². The molecule has 1 aromatic rings. The van der Waals surface area contributed by atoms with Crippen molar-refractivity contribution in [2.24, 2.45) is 5.14 Å². The molecule has 0 aromatic heterocycles. The molecule has 78 valence electrons. The van der Waals surface area contributed by atoms with Gasteiger partial charge < -0.3 is 0 Å². The molecule has 0 saturated heterocycles. The van der Waals surface area contributed by atoms with Crippen LogP contribution in [0.3, 0.4) is 0 Å². The molecule has 0 fully saturated rings. The van der Waals surface area contributed by atoms with Crippen LogP contribution in [-0.2, 0) is 10.0 Å². The monoisotopic (exact) mass is 221 g/mol. The fraction of sp³-hybridized carbons (Fsp3) is 0.250. The molecule has 0 saturated carbocycles. The van der Waals surface area contributed by atoms with Crippen molar-refractivity contribution >= 4 is 10.0 Å². The Balaban J connectivity index is 3.21. The van der Waals surface area contributed by atoms with Crippen molar-refractivity contribution in [1.82, 2.24) is 0 Å². The highest BCUT2D eigenvalue weighted by molar-refractivity contribution is 7.89. The number of primary sulfonamides is 1. The maximum Gasteiger partial charge on any atom is 0.215 e. The van der Waals surface area contributed by atoms with Gasteiger partial charge in [0.1, 0.15) is 16.9 Å². The zero-order valence-corrected chi connectivity index (χ0v) is 8.18. The Morgan fingerprint density at radius 3 is 2.36 bits per heavy atom.